The maximum Gasteiger partial charge on any atom is 0.335 e. The van der Waals surface area contributed by atoms with Crippen molar-refractivity contribution < 1.29 is 58.1 Å². The quantitative estimate of drug-likeness (QED) is 0.136. The van der Waals surface area contributed by atoms with Crippen LogP contribution >= 0.6 is 0 Å². The number of amides is 2. The standard InChI is InChI=1S/C33H30FN3O11/c1-45-23-15-21-20(14-24(23)47-30-27(40)25(38)26(39)28(48-30)29(41)42)22(10-13-35-21)46-19-8-6-18(7-9-19)37-32(44)33(11-12-33)31(43)36-17-4-2-16(34)3-5-17/h2-10,13-15,25-28,30,38-40H,11-12H2,1H3,(H,36,43)(H,37,44)(H,41,42)/t25-,26-,27+,28-,30+/m0/s1. The highest BCUT2D eigenvalue weighted by atomic mass is 19.1. The molecule has 4 aromatic rings. The van der Waals surface area contributed by atoms with Crippen LogP contribution in [0.1, 0.15) is 12.8 Å². The third-order valence-electron chi connectivity index (χ3n) is 8.10. The van der Waals surface area contributed by atoms with Crippen LogP contribution in [0.25, 0.3) is 10.9 Å². The molecule has 1 saturated carbocycles. The molecule has 0 bridgehead atoms. The molecule has 2 amide bonds. The fourth-order valence-electron chi connectivity index (χ4n) is 5.19. The van der Waals surface area contributed by atoms with Gasteiger partial charge < -0.3 is 50.0 Å². The molecule has 1 aliphatic carbocycles. The number of anilines is 2. The van der Waals surface area contributed by atoms with E-state index in [2.05, 4.69) is 15.6 Å². The summed E-state index contributed by atoms with van der Waals surface area (Å²) in [7, 11) is 1.36. The third kappa shape index (κ3) is 6.44. The van der Waals surface area contributed by atoms with Crippen molar-refractivity contribution in [2.45, 2.75) is 43.5 Å². The molecule has 0 radical (unpaired) electrons. The van der Waals surface area contributed by atoms with Gasteiger partial charge in [-0.2, -0.15) is 0 Å². The van der Waals surface area contributed by atoms with Gasteiger partial charge in [0.15, 0.2) is 17.6 Å². The highest BCUT2D eigenvalue weighted by Gasteiger charge is 2.56. The maximum absolute atomic E-state index is 13.2. The zero-order valence-electron chi connectivity index (χ0n) is 25.2. The van der Waals surface area contributed by atoms with Gasteiger partial charge in [0.25, 0.3) is 0 Å². The van der Waals surface area contributed by atoms with E-state index in [0.717, 1.165) is 0 Å². The lowest BCUT2D eigenvalue weighted by Crippen LogP contribution is -2.61. The van der Waals surface area contributed by atoms with E-state index in [1.54, 1.807) is 30.3 Å². The summed E-state index contributed by atoms with van der Waals surface area (Å²) < 4.78 is 35.7. The van der Waals surface area contributed by atoms with E-state index < -0.39 is 59.7 Å². The van der Waals surface area contributed by atoms with E-state index in [4.69, 9.17) is 18.9 Å². The van der Waals surface area contributed by atoms with E-state index in [1.165, 1.54) is 49.7 Å². The number of hydrogen-bond donors (Lipinski definition) is 6. The molecule has 1 aliphatic heterocycles. The van der Waals surface area contributed by atoms with Gasteiger partial charge in [-0.25, -0.2) is 9.18 Å². The monoisotopic (exact) mass is 663 g/mol. The molecular weight excluding hydrogens is 633 g/mol. The first-order valence-corrected chi connectivity index (χ1v) is 14.7. The molecule has 1 saturated heterocycles. The lowest BCUT2D eigenvalue weighted by atomic mass is 9.99. The van der Waals surface area contributed by atoms with E-state index in [0.29, 0.717) is 46.6 Å². The molecule has 15 heteroatoms. The third-order valence-corrected chi connectivity index (χ3v) is 8.10. The number of ether oxygens (including phenoxy) is 4. The fraction of sp³-hybridized carbons (Fsp3) is 0.273. The highest BCUT2D eigenvalue weighted by Crippen LogP contribution is 2.47. The Balaban J connectivity index is 1.16. The van der Waals surface area contributed by atoms with Gasteiger partial charge in [-0.3, -0.25) is 14.6 Å². The number of rotatable bonds is 10. The summed E-state index contributed by atoms with van der Waals surface area (Å²) in [5.41, 5.74) is 0.00317. The van der Waals surface area contributed by atoms with Crippen molar-refractivity contribution in [3.8, 4) is 23.0 Å². The van der Waals surface area contributed by atoms with Gasteiger partial charge >= 0.3 is 5.97 Å². The SMILES string of the molecule is COc1cc2nccc(Oc3ccc(NC(=O)C4(C(=O)Nc5ccc(F)cc5)CC4)cc3)c2cc1O[C@@H]1O[C@H](C(=O)O)[C@@H](O)[C@H](O)[C@H]1O. The van der Waals surface area contributed by atoms with E-state index in [9.17, 15) is 39.2 Å². The first-order chi connectivity index (χ1) is 23.0. The molecule has 6 N–H and O–H groups in total. The number of aliphatic carboxylic acids is 1. The van der Waals surface area contributed by atoms with Crippen LogP contribution in [0.4, 0.5) is 15.8 Å². The summed E-state index contributed by atoms with van der Waals surface area (Å²) in [5.74, 6) is -2.11. The van der Waals surface area contributed by atoms with Crippen molar-refractivity contribution in [2.24, 2.45) is 5.41 Å². The van der Waals surface area contributed by atoms with E-state index in [-0.39, 0.29) is 11.5 Å². The number of fused-ring (bicyclic) bond motifs is 1. The van der Waals surface area contributed by atoms with Crippen LogP contribution in [-0.4, -0.2) is 81.0 Å². The Labute approximate surface area is 271 Å². The summed E-state index contributed by atoms with van der Waals surface area (Å²) in [6, 6.07) is 16.2. The fourth-order valence-corrected chi connectivity index (χ4v) is 5.19. The minimum atomic E-state index is -1.89. The van der Waals surface area contributed by atoms with Gasteiger partial charge in [0.2, 0.25) is 18.1 Å². The van der Waals surface area contributed by atoms with Crippen molar-refractivity contribution in [3.63, 3.8) is 0 Å². The number of nitrogens with one attached hydrogen (secondary N) is 2. The van der Waals surface area contributed by atoms with Crippen molar-refractivity contribution >= 4 is 40.1 Å². The van der Waals surface area contributed by atoms with Crippen LogP contribution in [-0.2, 0) is 19.1 Å². The van der Waals surface area contributed by atoms with Gasteiger partial charge in [-0.1, -0.05) is 0 Å². The number of nitrogens with zero attached hydrogens (tertiary/aromatic N) is 1. The van der Waals surface area contributed by atoms with Crippen LogP contribution in [0, 0.1) is 11.2 Å². The minimum absolute atomic E-state index is 0.00448. The van der Waals surface area contributed by atoms with Crippen molar-refractivity contribution in [1.29, 1.82) is 0 Å². The summed E-state index contributed by atoms with van der Waals surface area (Å²) in [6.45, 7) is 0. The number of aliphatic hydroxyl groups is 3. The molecule has 1 aromatic heterocycles. The second-order valence-electron chi connectivity index (χ2n) is 11.3. The average molecular weight is 664 g/mol. The Bertz CT molecular complexity index is 1850. The number of hydrogen-bond acceptors (Lipinski definition) is 11. The highest BCUT2D eigenvalue weighted by molar-refractivity contribution is 6.16. The van der Waals surface area contributed by atoms with Crippen LogP contribution in [0.2, 0.25) is 0 Å². The Morgan fingerprint density at radius 1 is 0.854 bits per heavy atom. The zero-order valence-corrected chi connectivity index (χ0v) is 25.2. The second-order valence-corrected chi connectivity index (χ2v) is 11.3. The number of carbonyl (C=O) groups is 3. The maximum atomic E-state index is 13.2. The van der Waals surface area contributed by atoms with Crippen molar-refractivity contribution in [2.75, 3.05) is 17.7 Å². The molecule has 0 spiro atoms. The van der Waals surface area contributed by atoms with E-state index in [1.807, 2.05) is 0 Å². The summed E-state index contributed by atoms with van der Waals surface area (Å²) >= 11 is 0. The van der Waals surface area contributed by atoms with Gasteiger partial charge in [0.1, 0.15) is 41.0 Å². The number of aliphatic hydroxyl groups excluding tert-OH is 3. The molecule has 2 aliphatic rings. The minimum Gasteiger partial charge on any atom is -0.493 e. The summed E-state index contributed by atoms with van der Waals surface area (Å²) in [4.78, 5) is 41.8. The average Bonchev–Trinajstić information content (AvgIpc) is 3.89. The molecule has 0 unspecified atom stereocenters. The summed E-state index contributed by atoms with van der Waals surface area (Å²) in [6.07, 6.45) is -6.84. The molecule has 48 heavy (non-hydrogen) atoms. The number of aromatic nitrogens is 1. The topological polar surface area (TPSA) is 206 Å². The molecular formula is C33H30FN3O11. The first-order valence-electron chi connectivity index (χ1n) is 14.7. The van der Waals surface area contributed by atoms with Crippen LogP contribution in [0.5, 0.6) is 23.0 Å². The number of pyridine rings is 1. The molecule has 2 heterocycles. The van der Waals surface area contributed by atoms with Crippen LogP contribution < -0.4 is 24.8 Å². The largest absolute Gasteiger partial charge is 0.493 e. The summed E-state index contributed by atoms with van der Waals surface area (Å²) in [5, 5.41) is 45.8. The number of methoxy groups -OCH3 is 1. The van der Waals surface area contributed by atoms with E-state index >= 15 is 0 Å². The lowest BCUT2D eigenvalue weighted by molar-refractivity contribution is -0.271. The number of carboxylic acid groups (broad SMARTS) is 1. The smallest absolute Gasteiger partial charge is 0.335 e. The molecule has 5 atom stereocenters. The predicted octanol–water partition coefficient (Wildman–Crippen LogP) is 2.80. The number of benzene rings is 3. The Hall–Kier alpha value is -5.35. The lowest BCUT2D eigenvalue weighted by Gasteiger charge is -2.38. The molecule has 250 valence electrons. The van der Waals surface area contributed by atoms with Crippen molar-refractivity contribution in [1.82, 2.24) is 4.98 Å². The predicted molar refractivity (Wildman–Crippen MR) is 165 cm³/mol. The Morgan fingerprint density at radius 2 is 1.48 bits per heavy atom. The van der Waals surface area contributed by atoms with Crippen LogP contribution in [0.15, 0.2) is 72.9 Å². The zero-order chi connectivity index (χ0) is 34.2. The van der Waals surface area contributed by atoms with Gasteiger partial charge in [0, 0.05) is 29.0 Å². The number of carboxylic acids is 1. The van der Waals surface area contributed by atoms with Gasteiger partial charge in [-0.15, -0.1) is 0 Å². The van der Waals surface area contributed by atoms with Gasteiger partial charge in [-0.05, 0) is 73.5 Å². The number of carbonyl (C=O) groups excluding carboxylic acids is 2. The molecule has 3 aromatic carbocycles. The van der Waals surface area contributed by atoms with Crippen molar-refractivity contribution in [3.05, 3.63) is 78.7 Å². The first kappa shape index (κ1) is 32.6. The van der Waals surface area contributed by atoms with Gasteiger partial charge in [0.05, 0.1) is 12.6 Å². The Kier molecular flexibility index (Phi) is 8.85. The molecule has 14 nitrogen and oxygen atoms in total. The number of halogens is 1. The Morgan fingerprint density at radius 3 is 2.06 bits per heavy atom. The second kappa shape index (κ2) is 13.0. The van der Waals surface area contributed by atoms with Crippen LogP contribution in [0.3, 0.4) is 0 Å². The molecule has 2 fully saturated rings. The molecule has 6 rings (SSSR count). The normalized spacial score (nSPS) is 22.7.